The number of sulfonamides is 1. The molecule has 2 rings (SSSR count). The minimum atomic E-state index is -3.92. The number of hydrogen-bond acceptors (Lipinski definition) is 2. The summed E-state index contributed by atoms with van der Waals surface area (Å²) >= 11 is 0. The average Bonchev–Trinajstić information content (AvgIpc) is 2.50. The van der Waals surface area contributed by atoms with E-state index in [2.05, 4.69) is 11.6 Å². The highest BCUT2D eigenvalue weighted by molar-refractivity contribution is 7.89. The minimum absolute atomic E-state index is 0.300. The van der Waals surface area contributed by atoms with Crippen molar-refractivity contribution < 1.29 is 17.2 Å². The zero-order valence-electron chi connectivity index (χ0n) is 13.0. The van der Waals surface area contributed by atoms with Gasteiger partial charge < -0.3 is 0 Å². The number of benzene rings is 2. The largest absolute Gasteiger partial charge is 0.241 e. The van der Waals surface area contributed by atoms with Gasteiger partial charge in [-0.1, -0.05) is 37.6 Å². The van der Waals surface area contributed by atoms with Crippen LogP contribution in [-0.4, -0.2) is 8.42 Å². The van der Waals surface area contributed by atoms with E-state index in [9.17, 15) is 17.2 Å². The molecule has 0 amide bonds. The SMILES string of the molecule is CCCc1ccc(C(C)NS(=O)(=O)c2ccc(F)c(F)c2)cc1. The summed E-state index contributed by atoms with van der Waals surface area (Å²) in [5, 5.41) is 0. The van der Waals surface area contributed by atoms with Crippen LogP contribution in [0.2, 0.25) is 0 Å². The smallest absolute Gasteiger partial charge is 0.207 e. The number of halogens is 2. The van der Waals surface area contributed by atoms with Crippen molar-refractivity contribution in [3.63, 3.8) is 0 Å². The van der Waals surface area contributed by atoms with E-state index in [0.717, 1.165) is 30.5 Å². The van der Waals surface area contributed by atoms with E-state index in [1.54, 1.807) is 6.92 Å². The summed E-state index contributed by atoms with van der Waals surface area (Å²) in [4.78, 5) is -0.300. The Morgan fingerprint density at radius 3 is 2.26 bits per heavy atom. The maximum atomic E-state index is 13.2. The van der Waals surface area contributed by atoms with Gasteiger partial charge in [0.15, 0.2) is 11.6 Å². The van der Waals surface area contributed by atoms with E-state index >= 15 is 0 Å². The van der Waals surface area contributed by atoms with E-state index in [4.69, 9.17) is 0 Å². The molecule has 0 aliphatic heterocycles. The molecule has 2 aromatic carbocycles. The van der Waals surface area contributed by atoms with Gasteiger partial charge in [0.25, 0.3) is 0 Å². The Hall–Kier alpha value is -1.79. The predicted octanol–water partition coefficient (Wildman–Crippen LogP) is 3.96. The Kier molecular flexibility index (Phi) is 5.49. The van der Waals surface area contributed by atoms with Gasteiger partial charge in [-0.2, -0.15) is 0 Å². The Labute approximate surface area is 135 Å². The second kappa shape index (κ2) is 7.19. The van der Waals surface area contributed by atoms with Gasteiger partial charge in [-0.25, -0.2) is 21.9 Å². The van der Waals surface area contributed by atoms with Crippen molar-refractivity contribution in [3.8, 4) is 0 Å². The second-order valence-electron chi connectivity index (χ2n) is 5.41. The molecule has 0 aliphatic carbocycles. The first-order valence-electron chi connectivity index (χ1n) is 7.39. The molecule has 23 heavy (non-hydrogen) atoms. The van der Waals surface area contributed by atoms with Gasteiger partial charge in [0.1, 0.15) is 0 Å². The zero-order valence-corrected chi connectivity index (χ0v) is 13.8. The monoisotopic (exact) mass is 339 g/mol. The Morgan fingerprint density at radius 1 is 1.04 bits per heavy atom. The van der Waals surface area contributed by atoms with Crippen LogP contribution in [0.3, 0.4) is 0 Å². The first kappa shape index (κ1) is 17.6. The molecule has 124 valence electrons. The summed E-state index contributed by atoms with van der Waals surface area (Å²) in [6.45, 7) is 3.79. The van der Waals surface area contributed by atoms with Crippen LogP contribution in [0, 0.1) is 11.6 Å². The summed E-state index contributed by atoms with van der Waals surface area (Å²) in [6.07, 6.45) is 2.01. The first-order valence-corrected chi connectivity index (χ1v) is 8.88. The summed E-state index contributed by atoms with van der Waals surface area (Å²) in [5.41, 5.74) is 1.99. The highest BCUT2D eigenvalue weighted by atomic mass is 32.2. The van der Waals surface area contributed by atoms with Crippen LogP contribution >= 0.6 is 0 Å². The molecule has 0 fully saturated rings. The molecule has 2 aromatic rings. The van der Waals surface area contributed by atoms with Crippen LogP contribution in [0.4, 0.5) is 8.78 Å². The third-order valence-corrected chi connectivity index (χ3v) is 5.09. The van der Waals surface area contributed by atoms with E-state index < -0.39 is 27.7 Å². The van der Waals surface area contributed by atoms with Gasteiger partial charge in [0.05, 0.1) is 4.90 Å². The van der Waals surface area contributed by atoms with Crippen molar-refractivity contribution in [3.05, 3.63) is 65.2 Å². The molecule has 6 heteroatoms. The summed E-state index contributed by atoms with van der Waals surface area (Å²) in [6, 6.07) is 9.68. The number of rotatable bonds is 6. The molecule has 3 nitrogen and oxygen atoms in total. The molecular formula is C17H19F2NO2S. The lowest BCUT2D eigenvalue weighted by atomic mass is 10.0. The first-order chi connectivity index (χ1) is 10.8. The Balaban J connectivity index is 2.17. The minimum Gasteiger partial charge on any atom is -0.207 e. The molecule has 0 saturated heterocycles. The van der Waals surface area contributed by atoms with E-state index in [1.165, 1.54) is 5.56 Å². The van der Waals surface area contributed by atoms with Crippen LogP contribution in [-0.2, 0) is 16.4 Å². The molecule has 1 atom stereocenters. The summed E-state index contributed by atoms with van der Waals surface area (Å²) < 4.78 is 53.1. The molecule has 0 saturated carbocycles. The lowest BCUT2D eigenvalue weighted by molar-refractivity contribution is 0.503. The fourth-order valence-electron chi connectivity index (χ4n) is 2.27. The van der Waals surface area contributed by atoms with E-state index in [0.29, 0.717) is 6.07 Å². The van der Waals surface area contributed by atoms with Crippen molar-refractivity contribution in [1.82, 2.24) is 4.72 Å². The van der Waals surface area contributed by atoms with Crippen LogP contribution in [0.1, 0.15) is 37.4 Å². The van der Waals surface area contributed by atoms with Gasteiger partial charge in [0.2, 0.25) is 10.0 Å². The quantitative estimate of drug-likeness (QED) is 0.866. The molecule has 1 unspecified atom stereocenters. The highest BCUT2D eigenvalue weighted by Crippen LogP contribution is 2.19. The van der Waals surface area contributed by atoms with Crippen LogP contribution in [0.5, 0.6) is 0 Å². The maximum Gasteiger partial charge on any atom is 0.241 e. The van der Waals surface area contributed by atoms with E-state index in [1.807, 2.05) is 24.3 Å². The van der Waals surface area contributed by atoms with Crippen molar-refractivity contribution in [2.45, 2.75) is 37.6 Å². The van der Waals surface area contributed by atoms with Crippen LogP contribution in [0.25, 0.3) is 0 Å². The van der Waals surface area contributed by atoms with E-state index in [-0.39, 0.29) is 4.90 Å². The number of hydrogen-bond donors (Lipinski definition) is 1. The summed E-state index contributed by atoms with van der Waals surface area (Å²) in [5.74, 6) is -2.27. The molecule has 0 radical (unpaired) electrons. The molecule has 0 spiro atoms. The predicted molar refractivity (Wildman–Crippen MR) is 85.5 cm³/mol. The molecule has 0 aliphatic rings. The Morgan fingerprint density at radius 2 is 1.70 bits per heavy atom. The van der Waals surface area contributed by atoms with Gasteiger partial charge in [0, 0.05) is 6.04 Å². The molecule has 1 N–H and O–H groups in total. The van der Waals surface area contributed by atoms with Crippen LogP contribution in [0.15, 0.2) is 47.4 Å². The van der Waals surface area contributed by atoms with Crippen molar-refractivity contribution in [1.29, 1.82) is 0 Å². The zero-order chi connectivity index (χ0) is 17.0. The normalized spacial score (nSPS) is 13.0. The number of nitrogens with one attached hydrogen (secondary N) is 1. The summed E-state index contributed by atoms with van der Waals surface area (Å²) in [7, 11) is -3.92. The van der Waals surface area contributed by atoms with Crippen molar-refractivity contribution >= 4 is 10.0 Å². The second-order valence-corrected chi connectivity index (χ2v) is 7.12. The Bertz CT molecular complexity index is 774. The lowest BCUT2D eigenvalue weighted by Crippen LogP contribution is -2.27. The molecule has 0 heterocycles. The van der Waals surface area contributed by atoms with Gasteiger partial charge in [-0.05, 0) is 42.7 Å². The third kappa shape index (κ3) is 4.36. The third-order valence-electron chi connectivity index (χ3n) is 3.55. The molecule has 0 aromatic heterocycles. The van der Waals surface area contributed by atoms with Crippen molar-refractivity contribution in [2.75, 3.05) is 0 Å². The topological polar surface area (TPSA) is 46.2 Å². The fraction of sp³-hybridized carbons (Fsp3) is 0.294. The average molecular weight is 339 g/mol. The highest BCUT2D eigenvalue weighted by Gasteiger charge is 2.20. The molecule has 0 bridgehead atoms. The van der Waals surface area contributed by atoms with Gasteiger partial charge in [-0.15, -0.1) is 0 Å². The number of aryl methyl sites for hydroxylation is 1. The van der Waals surface area contributed by atoms with Gasteiger partial charge in [-0.3, -0.25) is 0 Å². The maximum absolute atomic E-state index is 13.2. The standard InChI is InChI=1S/C17H19F2NO2S/c1-3-4-13-5-7-14(8-6-13)12(2)20-23(21,22)15-9-10-16(18)17(19)11-15/h5-12,20H,3-4H2,1-2H3. The van der Waals surface area contributed by atoms with Gasteiger partial charge >= 0.3 is 0 Å². The van der Waals surface area contributed by atoms with Crippen LogP contribution < -0.4 is 4.72 Å². The lowest BCUT2D eigenvalue weighted by Gasteiger charge is -2.15. The fourth-order valence-corrected chi connectivity index (χ4v) is 3.52. The molecular weight excluding hydrogens is 320 g/mol. The van der Waals surface area contributed by atoms with Crippen molar-refractivity contribution in [2.24, 2.45) is 0 Å².